The quantitative estimate of drug-likeness (QED) is 0.482. The summed E-state index contributed by atoms with van der Waals surface area (Å²) in [5, 5.41) is 28.0. The third kappa shape index (κ3) is 5.79. The molecule has 0 atom stereocenters. The first-order valence-electron chi connectivity index (χ1n) is 5.12. The highest BCUT2D eigenvalue weighted by Gasteiger charge is 2.16. The zero-order valence-electron chi connectivity index (χ0n) is 9.30. The molecule has 0 bridgehead atoms. The lowest BCUT2D eigenvalue weighted by Crippen LogP contribution is -2.47. The van der Waals surface area contributed by atoms with Crippen LogP contribution in [0.4, 0.5) is 0 Å². The van der Waals surface area contributed by atoms with Gasteiger partial charge in [0.2, 0.25) is 0 Å². The van der Waals surface area contributed by atoms with Gasteiger partial charge in [-0.05, 0) is 12.6 Å². The van der Waals surface area contributed by atoms with Crippen LogP contribution < -0.4 is 5.32 Å². The van der Waals surface area contributed by atoms with Gasteiger partial charge in [0.15, 0.2) is 0 Å². The molecular formula is C11H18N2O3. The molecule has 0 fully saturated rings. The van der Waals surface area contributed by atoms with Gasteiger partial charge in [0.1, 0.15) is 0 Å². The summed E-state index contributed by atoms with van der Waals surface area (Å²) in [5.41, 5.74) is 1.19. The maximum absolute atomic E-state index is 8.60. The van der Waals surface area contributed by atoms with Crippen molar-refractivity contribution >= 4 is 0 Å². The van der Waals surface area contributed by atoms with Crippen LogP contribution in [0.5, 0.6) is 0 Å². The van der Waals surface area contributed by atoms with Crippen LogP contribution >= 0.6 is 0 Å². The highest BCUT2D eigenvalue weighted by atomic mass is 16.7. The monoisotopic (exact) mass is 226 g/mol. The summed E-state index contributed by atoms with van der Waals surface area (Å²) in [5.74, 6) is 0. The fourth-order valence-corrected chi connectivity index (χ4v) is 1.39. The van der Waals surface area contributed by atoms with Crippen LogP contribution in [-0.2, 0) is 6.54 Å². The van der Waals surface area contributed by atoms with Gasteiger partial charge < -0.3 is 20.2 Å². The van der Waals surface area contributed by atoms with Gasteiger partial charge in [-0.25, -0.2) is 5.32 Å². The van der Waals surface area contributed by atoms with E-state index in [0.29, 0.717) is 6.54 Å². The molecule has 0 amide bonds. The van der Waals surface area contributed by atoms with Gasteiger partial charge in [0.25, 0.3) is 0 Å². The number of aliphatic hydroxyl groups is 3. The molecule has 16 heavy (non-hydrogen) atoms. The first kappa shape index (κ1) is 13.1. The molecule has 4 N–H and O–H groups in total. The Hall–Kier alpha value is -0.980. The zero-order chi connectivity index (χ0) is 12.0. The van der Waals surface area contributed by atoms with Crippen molar-refractivity contribution in [1.82, 2.24) is 10.2 Å². The normalized spacial score (nSPS) is 12.1. The van der Waals surface area contributed by atoms with E-state index in [1.165, 1.54) is 5.56 Å². The van der Waals surface area contributed by atoms with Crippen molar-refractivity contribution in [3.8, 4) is 0 Å². The van der Waals surface area contributed by atoms with E-state index in [-0.39, 0.29) is 6.54 Å². The number of hydrogen-bond acceptors (Lipinski definition) is 5. The molecular weight excluding hydrogens is 208 g/mol. The van der Waals surface area contributed by atoms with Crippen molar-refractivity contribution in [3.05, 3.63) is 35.9 Å². The molecule has 0 heterocycles. The Labute approximate surface area is 94.9 Å². The van der Waals surface area contributed by atoms with Gasteiger partial charge in [-0.15, -0.1) is 0 Å². The second-order valence-electron chi connectivity index (χ2n) is 3.79. The molecule has 0 unspecified atom stereocenters. The second kappa shape index (κ2) is 5.93. The van der Waals surface area contributed by atoms with Gasteiger partial charge >= 0.3 is 6.10 Å². The highest BCUT2D eigenvalue weighted by Crippen LogP contribution is 2.01. The van der Waals surface area contributed by atoms with Crippen LogP contribution in [0.3, 0.4) is 0 Å². The molecule has 0 aromatic heterocycles. The average Bonchev–Trinajstić information content (AvgIpc) is 2.17. The standard InChI is InChI=1S/C11H18N2O3/c1-13(8-7-12-11(14,15)16)9-10-5-3-2-4-6-10/h2-6,12,14-16H,7-9H2,1H3. The van der Waals surface area contributed by atoms with Crippen LogP contribution in [0.2, 0.25) is 0 Å². The molecule has 0 aliphatic carbocycles. The minimum Gasteiger partial charge on any atom is -0.330 e. The molecule has 0 radical (unpaired) electrons. The fraction of sp³-hybridized carbons (Fsp3) is 0.455. The molecule has 0 aliphatic heterocycles. The van der Waals surface area contributed by atoms with Crippen molar-refractivity contribution in [1.29, 1.82) is 0 Å². The minimum atomic E-state index is -2.78. The largest absolute Gasteiger partial charge is 0.343 e. The van der Waals surface area contributed by atoms with E-state index in [1.807, 2.05) is 42.3 Å². The SMILES string of the molecule is CN(CCNC(O)(O)O)Cc1ccccc1. The Bertz CT molecular complexity index is 298. The zero-order valence-corrected chi connectivity index (χ0v) is 9.30. The van der Waals surface area contributed by atoms with E-state index in [9.17, 15) is 0 Å². The maximum atomic E-state index is 8.60. The van der Waals surface area contributed by atoms with Crippen LogP contribution in [0.1, 0.15) is 5.56 Å². The first-order chi connectivity index (χ1) is 7.47. The lowest BCUT2D eigenvalue weighted by atomic mass is 10.2. The number of likely N-dealkylation sites (N-methyl/N-ethyl adjacent to an activating group) is 1. The molecule has 1 rings (SSSR count). The molecule has 1 aromatic rings. The minimum absolute atomic E-state index is 0.285. The first-order valence-corrected chi connectivity index (χ1v) is 5.12. The van der Waals surface area contributed by atoms with Crippen molar-refractivity contribution in [2.45, 2.75) is 12.6 Å². The molecule has 0 spiro atoms. The van der Waals surface area contributed by atoms with Crippen LogP contribution in [0.25, 0.3) is 0 Å². The summed E-state index contributed by atoms with van der Waals surface area (Å²) < 4.78 is 0. The average molecular weight is 226 g/mol. The number of nitrogens with one attached hydrogen (secondary N) is 1. The third-order valence-corrected chi connectivity index (χ3v) is 2.15. The Morgan fingerprint density at radius 2 is 1.81 bits per heavy atom. The number of rotatable bonds is 6. The van der Waals surface area contributed by atoms with Gasteiger partial charge in [0, 0.05) is 19.6 Å². The molecule has 90 valence electrons. The third-order valence-electron chi connectivity index (χ3n) is 2.15. The lowest BCUT2D eigenvalue weighted by molar-refractivity contribution is -0.331. The molecule has 0 saturated carbocycles. The maximum Gasteiger partial charge on any atom is 0.343 e. The summed E-state index contributed by atoms with van der Waals surface area (Å²) in [4.78, 5) is 2.01. The summed E-state index contributed by atoms with van der Waals surface area (Å²) in [7, 11) is 1.92. The summed E-state index contributed by atoms with van der Waals surface area (Å²) >= 11 is 0. The number of benzene rings is 1. The molecule has 0 saturated heterocycles. The molecule has 1 aromatic carbocycles. The fourth-order valence-electron chi connectivity index (χ4n) is 1.39. The Kier molecular flexibility index (Phi) is 4.85. The van der Waals surface area contributed by atoms with Crippen molar-refractivity contribution < 1.29 is 15.3 Å². The van der Waals surface area contributed by atoms with Crippen LogP contribution in [0.15, 0.2) is 30.3 Å². The second-order valence-corrected chi connectivity index (χ2v) is 3.79. The number of nitrogens with zero attached hydrogens (tertiary/aromatic N) is 1. The summed E-state index contributed by atoms with van der Waals surface area (Å²) in [6.07, 6.45) is -2.78. The smallest absolute Gasteiger partial charge is 0.330 e. The van der Waals surface area contributed by atoms with Gasteiger partial charge in [-0.2, -0.15) is 0 Å². The van der Waals surface area contributed by atoms with Gasteiger partial charge in [-0.3, -0.25) is 0 Å². The van der Waals surface area contributed by atoms with Gasteiger partial charge in [-0.1, -0.05) is 30.3 Å². The number of hydrogen-bond donors (Lipinski definition) is 4. The van der Waals surface area contributed by atoms with Gasteiger partial charge in [0.05, 0.1) is 0 Å². The molecule has 5 nitrogen and oxygen atoms in total. The Morgan fingerprint density at radius 1 is 1.19 bits per heavy atom. The summed E-state index contributed by atoms with van der Waals surface area (Å²) in [6, 6.07) is 9.96. The predicted octanol–water partition coefficient (Wildman–Crippen LogP) is -0.704. The van der Waals surface area contributed by atoms with E-state index in [1.54, 1.807) is 0 Å². The Balaban J connectivity index is 2.24. The van der Waals surface area contributed by atoms with E-state index in [0.717, 1.165) is 6.54 Å². The molecule has 0 aliphatic rings. The van der Waals surface area contributed by atoms with Crippen molar-refractivity contribution in [2.24, 2.45) is 0 Å². The van der Waals surface area contributed by atoms with E-state index >= 15 is 0 Å². The van der Waals surface area contributed by atoms with Crippen LogP contribution in [0, 0.1) is 0 Å². The van der Waals surface area contributed by atoms with E-state index < -0.39 is 6.10 Å². The highest BCUT2D eigenvalue weighted by molar-refractivity contribution is 5.14. The summed E-state index contributed by atoms with van der Waals surface area (Å²) in [6.45, 7) is 1.66. The van der Waals surface area contributed by atoms with Crippen molar-refractivity contribution in [3.63, 3.8) is 0 Å². The molecule has 5 heteroatoms. The predicted molar refractivity (Wildman–Crippen MR) is 60.2 cm³/mol. The Morgan fingerprint density at radius 3 is 2.38 bits per heavy atom. The van der Waals surface area contributed by atoms with E-state index in [2.05, 4.69) is 5.32 Å². The lowest BCUT2D eigenvalue weighted by Gasteiger charge is -2.20. The van der Waals surface area contributed by atoms with Crippen molar-refractivity contribution in [2.75, 3.05) is 20.1 Å². The topological polar surface area (TPSA) is 76.0 Å². The van der Waals surface area contributed by atoms with E-state index in [4.69, 9.17) is 15.3 Å². The van der Waals surface area contributed by atoms with Crippen LogP contribution in [-0.4, -0.2) is 46.5 Å².